The van der Waals surface area contributed by atoms with E-state index in [0.717, 1.165) is 0 Å². The van der Waals surface area contributed by atoms with Crippen molar-refractivity contribution in [1.82, 2.24) is 0 Å². The number of rotatable bonds is 9. The Bertz CT molecular complexity index is 848. The van der Waals surface area contributed by atoms with Crippen LogP contribution in [0.5, 0.6) is 11.5 Å². The Morgan fingerprint density at radius 3 is 1.66 bits per heavy atom. The van der Waals surface area contributed by atoms with Crippen LogP contribution in [-0.4, -0.2) is 58.6 Å². The predicted octanol–water partition coefficient (Wildman–Crippen LogP) is 5.60. The van der Waals surface area contributed by atoms with Crippen LogP contribution < -0.4 is 4.74 Å². The van der Waals surface area contributed by atoms with Gasteiger partial charge in [-0.15, -0.1) is 0 Å². The lowest BCUT2D eigenvalue weighted by Gasteiger charge is -2.39. The highest BCUT2D eigenvalue weighted by Gasteiger charge is 2.90. The van der Waals surface area contributed by atoms with E-state index in [1.807, 2.05) is 0 Å². The Morgan fingerprint density at radius 2 is 1.25 bits per heavy atom. The zero-order chi connectivity index (χ0) is 25.6. The molecule has 1 rings (SSSR count). The van der Waals surface area contributed by atoms with Gasteiger partial charge in [-0.1, -0.05) is 0 Å². The number of ether oxygens (including phenoxy) is 1. The number of alkyl halides is 13. The molecule has 0 fully saturated rings. The highest BCUT2D eigenvalue weighted by Crippen LogP contribution is 2.60. The molecule has 1 aromatic rings. The molecular formula is C15H9F13O4. The number of halogens is 13. The van der Waals surface area contributed by atoms with Crippen LogP contribution in [0.2, 0.25) is 0 Å². The lowest BCUT2D eigenvalue weighted by atomic mass is 9.93. The topological polar surface area (TPSA) is 66.8 Å². The molecule has 1 aromatic carbocycles. The van der Waals surface area contributed by atoms with Gasteiger partial charge in [0.15, 0.2) is 0 Å². The first-order valence-electron chi connectivity index (χ1n) is 7.69. The summed E-state index contributed by atoms with van der Waals surface area (Å²) < 4.78 is 173. The van der Waals surface area contributed by atoms with Crippen LogP contribution in [0.4, 0.5) is 57.1 Å². The molecule has 0 radical (unpaired) electrons. The zero-order valence-corrected chi connectivity index (χ0v) is 14.8. The first-order chi connectivity index (χ1) is 14.0. The van der Waals surface area contributed by atoms with E-state index in [0.29, 0.717) is 18.2 Å². The molecule has 0 amide bonds. The van der Waals surface area contributed by atoms with Crippen molar-refractivity contribution < 1.29 is 76.8 Å². The number of carbonyl (C=O) groups is 1. The molecule has 0 aliphatic heterocycles. The summed E-state index contributed by atoms with van der Waals surface area (Å²) in [6.45, 7) is -1.73. The Balaban J connectivity index is 3.11. The normalized spacial score (nSPS) is 14.4. The molecule has 184 valence electrons. The quantitative estimate of drug-likeness (QED) is 0.434. The molecule has 0 spiro atoms. The lowest BCUT2D eigenvalue weighted by molar-refractivity contribution is -0.440. The number of hydrogen-bond acceptors (Lipinski definition) is 3. The van der Waals surface area contributed by atoms with Crippen molar-refractivity contribution in [2.45, 2.75) is 42.2 Å². The van der Waals surface area contributed by atoms with Gasteiger partial charge in [-0.05, 0) is 12.1 Å². The third kappa shape index (κ3) is 4.32. The maximum Gasteiger partial charge on any atom is 0.460 e. The van der Waals surface area contributed by atoms with E-state index in [1.54, 1.807) is 0 Å². The third-order valence-corrected chi connectivity index (χ3v) is 3.88. The van der Waals surface area contributed by atoms with Crippen LogP contribution in [0.1, 0.15) is 16.8 Å². The molecule has 0 aromatic heterocycles. The maximum absolute atomic E-state index is 13.6. The summed E-state index contributed by atoms with van der Waals surface area (Å²) in [7, 11) is 0. The Hall–Kier alpha value is -2.62. The molecule has 0 unspecified atom stereocenters. The Morgan fingerprint density at radius 1 is 0.781 bits per heavy atom. The van der Waals surface area contributed by atoms with Crippen LogP contribution in [0, 0.1) is 0 Å². The van der Waals surface area contributed by atoms with E-state index in [9.17, 15) is 67.0 Å². The van der Waals surface area contributed by atoms with Gasteiger partial charge in [0.1, 0.15) is 17.1 Å². The first kappa shape index (κ1) is 27.4. The summed E-state index contributed by atoms with van der Waals surface area (Å²) in [5, 5.41) is 18.0. The minimum Gasteiger partial charge on any atom is -0.507 e. The first-order valence-corrected chi connectivity index (χ1v) is 7.69. The molecule has 0 saturated carbocycles. The van der Waals surface area contributed by atoms with Crippen LogP contribution >= 0.6 is 0 Å². The lowest BCUT2D eigenvalue weighted by Crippen LogP contribution is -2.70. The number of benzene rings is 1. The van der Waals surface area contributed by atoms with Crippen LogP contribution in [0.3, 0.4) is 0 Å². The van der Waals surface area contributed by atoms with Gasteiger partial charge in [0, 0.05) is 6.07 Å². The Labute approximate surface area is 168 Å². The van der Waals surface area contributed by atoms with E-state index < -0.39 is 71.8 Å². The number of aromatic hydroxyl groups is 1. The SMILES string of the molecule is O=C(O)c1ccc(OCCC(F)(F)C(F)(F)C(F)(F)C(F)(F)C(F)(F)C(F)(F)F)cc1O. The minimum absolute atomic E-state index is 0.451. The second kappa shape index (κ2) is 8.06. The van der Waals surface area contributed by atoms with Crippen molar-refractivity contribution in [2.24, 2.45) is 0 Å². The molecule has 0 aliphatic carbocycles. The van der Waals surface area contributed by atoms with Crippen LogP contribution in [0.25, 0.3) is 0 Å². The highest BCUT2D eigenvalue weighted by molar-refractivity contribution is 5.90. The van der Waals surface area contributed by atoms with Gasteiger partial charge >= 0.3 is 41.8 Å². The van der Waals surface area contributed by atoms with E-state index >= 15 is 0 Å². The summed E-state index contributed by atoms with van der Waals surface area (Å²) in [6.07, 6.45) is -10.1. The molecule has 2 N–H and O–H groups in total. The molecule has 0 aliphatic rings. The van der Waals surface area contributed by atoms with Crippen molar-refractivity contribution in [3.63, 3.8) is 0 Å². The summed E-state index contributed by atoms with van der Waals surface area (Å²) in [6, 6.07) is 1.76. The number of phenols is 1. The second-order valence-corrected chi connectivity index (χ2v) is 6.08. The monoisotopic (exact) mass is 500 g/mol. The molecule has 0 bridgehead atoms. The van der Waals surface area contributed by atoms with Crippen molar-refractivity contribution in [3.05, 3.63) is 23.8 Å². The minimum atomic E-state index is -7.98. The maximum atomic E-state index is 13.6. The molecule has 0 atom stereocenters. The van der Waals surface area contributed by atoms with Gasteiger partial charge in [-0.25, -0.2) is 4.79 Å². The van der Waals surface area contributed by atoms with Gasteiger partial charge < -0.3 is 14.9 Å². The van der Waals surface area contributed by atoms with E-state index in [1.165, 1.54) is 0 Å². The van der Waals surface area contributed by atoms with Gasteiger partial charge in [-0.2, -0.15) is 57.1 Å². The van der Waals surface area contributed by atoms with Gasteiger partial charge in [0.05, 0.1) is 13.0 Å². The van der Waals surface area contributed by atoms with Crippen LogP contribution in [-0.2, 0) is 0 Å². The number of aromatic carboxylic acids is 1. The standard InChI is InChI=1S/C15H9F13O4/c16-10(17,3-4-32-6-1-2-7(9(30)31)8(29)5-6)11(18,19)12(20,21)13(22,23)14(24,25)15(26,27)28/h1-2,5,29H,3-4H2,(H,30,31). The van der Waals surface area contributed by atoms with Gasteiger partial charge in [0.25, 0.3) is 0 Å². The van der Waals surface area contributed by atoms with E-state index in [4.69, 9.17) is 5.11 Å². The third-order valence-electron chi connectivity index (χ3n) is 3.88. The van der Waals surface area contributed by atoms with E-state index in [-0.39, 0.29) is 0 Å². The molecule has 4 nitrogen and oxygen atoms in total. The molecule has 0 heterocycles. The van der Waals surface area contributed by atoms with Crippen molar-refractivity contribution in [1.29, 1.82) is 0 Å². The highest BCUT2D eigenvalue weighted by atomic mass is 19.4. The Kier molecular flexibility index (Phi) is 6.90. The molecule has 0 saturated heterocycles. The van der Waals surface area contributed by atoms with Gasteiger partial charge in [0.2, 0.25) is 0 Å². The fraction of sp³-hybridized carbons (Fsp3) is 0.533. The fourth-order valence-electron chi connectivity index (χ4n) is 2.04. The molecule has 32 heavy (non-hydrogen) atoms. The second-order valence-electron chi connectivity index (χ2n) is 6.08. The average molecular weight is 500 g/mol. The smallest absolute Gasteiger partial charge is 0.460 e. The van der Waals surface area contributed by atoms with Gasteiger partial charge in [-0.3, -0.25) is 0 Å². The predicted molar refractivity (Wildman–Crippen MR) is 76.0 cm³/mol. The summed E-state index contributed by atoms with van der Waals surface area (Å²) >= 11 is 0. The average Bonchev–Trinajstić information content (AvgIpc) is 2.59. The zero-order valence-electron chi connectivity index (χ0n) is 14.8. The fourth-order valence-corrected chi connectivity index (χ4v) is 2.04. The van der Waals surface area contributed by atoms with Crippen LogP contribution in [0.15, 0.2) is 18.2 Å². The number of carboxylic acid groups (broad SMARTS) is 1. The van der Waals surface area contributed by atoms with Crippen molar-refractivity contribution in [2.75, 3.05) is 6.61 Å². The molecule has 17 heteroatoms. The molecular weight excluding hydrogens is 491 g/mol. The van der Waals surface area contributed by atoms with Crippen molar-refractivity contribution in [3.8, 4) is 11.5 Å². The van der Waals surface area contributed by atoms with Crippen molar-refractivity contribution >= 4 is 5.97 Å². The largest absolute Gasteiger partial charge is 0.507 e. The van der Waals surface area contributed by atoms with E-state index in [2.05, 4.69) is 4.74 Å². The summed E-state index contributed by atoms with van der Waals surface area (Å²) in [4.78, 5) is 10.7. The summed E-state index contributed by atoms with van der Waals surface area (Å²) in [5.41, 5.74) is -0.735. The summed E-state index contributed by atoms with van der Waals surface area (Å²) in [5.74, 6) is -40.8. The number of hydrogen-bond donors (Lipinski definition) is 2. The number of carboxylic acids is 1.